The molecule has 0 rings (SSSR count). The largest absolute Gasteiger partial charge is 0.393 e. The summed E-state index contributed by atoms with van der Waals surface area (Å²) in [6.07, 6.45) is 2.87. The predicted octanol–water partition coefficient (Wildman–Crippen LogP) is 1.68. The Morgan fingerprint density at radius 3 is 2.50 bits per heavy atom. The zero-order valence-corrected chi connectivity index (χ0v) is 6.26. The lowest BCUT2D eigenvalue weighted by molar-refractivity contribution is 0.843. The van der Waals surface area contributed by atoms with Crippen LogP contribution in [0, 0.1) is 0 Å². The van der Waals surface area contributed by atoms with Gasteiger partial charge in [0.15, 0.2) is 0 Å². The van der Waals surface area contributed by atoms with Crippen LogP contribution in [0.15, 0.2) is 0 Å². The zero-order chi connectivity index (χ0) is 6.41. The molecule has 48 valence electrons. The fraction of sp³-hybridized carbons (Fsp3) is 0.800. The monoisotopic (exact) mass is 151 g/mol. The van der Waals surface area contributed by atoms with Crippen molar-refractivity contribution in [2.45, 2.75) is 19.3 Å². The summed E-state index contributed by atoms with van der Waals surface area (Å²) in [5.74, 6) is 0.711. The van der Waals surface area contributed by atoms with E-state index in [4.69, 9.17) is 17.3 Å². The van der Waals surface area contributed by atoms with Crippen molar-refractivity contribution in [2.24, 2.45) is 5.73 Å². The maximum atomic E-state index is 5.40. The van der Waals surface area contributed by atoms with Gasteiger partial charge in [0, 0.05) is 5.88 Å². The van der Waals surface area contributed by atoms with Crippen molar-refractivity contribution >= 4 is 28.8 Å². The number of rotatable bonds is 4. The van der Waals surface area contributed by atoms with E-state index in [-0.39, 0.29) is 0 Å². The molecule has 1 nitrogen and oxygen atoms in total. The molecule has 8 heavy (non-hydrogen) atoms. The molecule has 0 heterocycles. The highest BCUT2D eigenvalue weighted by atomic mass is 35.5. The molecule has 0 fully saturated rings. The number of thiocarbonyl (C=S) groups is 1. The van der Waals surface area contributed by atoms with Crippen LogP contribution < -0.4 is 5.73 Å². The molecule has 0 aliphatic heterocycles. The third-order valence-electron chi connectivity index (χ3n) is 0.807. The molecule has 0 atom stereocenters. The Balaban J connectivity index is 2.82. The first-order valence-electron chi connectivity index (χ1n) is 2.61. The van der Waals surface area contributed by atoms with Gasteiger partial charge in [0.25, 0.3) is 0 Å². The summed E-state index contributed by atoms with van der Waals surface area (Å²) < 4.78 is 0. The Hall–Kier alpha value is 0.180. The normalized spacial score (nSPS) is 9.12. The van der Waals surface area contributed by atoms with Crippen LogP contribution in [0.5, 0.6) is 0 Å². The lowest BCUT2D eigenvalue weighted by Crippen LogP contribution is -2.06. The highest BCUT2D eigenvalue weighted by Gasteiger charge is 1.87. The van der Waals surface area contributed by atoms with Crippen LogP contribution in [0.4, 0.5) is 0 Å². The van der Waals surface area contributed by atoms with Crippen LogP contribution in [-0.2, 0) is 0 Å². The smallest absolute Gasteiger partial charge is 0.0727 e. The van der Waals surface area contributed by atoms with Crippen LogP contribution in [0.2, 0.25) is 0 Å². The molecule has 0 amide bonds. The summed E-state index contributed by atoms with van der Waals surface area (Å²) >= 11 is 10.0. The molecular weight excluding hydrogens is 142 g/mol. The number of halogens is 1. The van der Waals surface area contributed by atoms with E-state index in [0.717, 1.165) is 19.3 Å². The lowest BCUT2D eigenvalue weighted by atomic mass is 10.2. The molecule has 0 radical (unpaired) electrons. The van der Waals surface area contributed by atoms with Crippen molar-refractivity contribution < 1.29 is 0 Å². The van der Waals surface area contributed by atoms with Crippen molar-refractivity contribution in [3.8, 4) is 0 Å². The van der Waals surface area contributed by atoms with E-state index in [1.807, 2.05) is 0 Å². The van der Waals surface area contributed by atoms with E-state index in [1.54, 1.807) is 0 Å². The summed E-state index contributed by atoms with van der Waals surface area (Å²) in [6, 6.07) is 0. The van der Waals surface area contributed by atoms with Gasteiger partial charge < -0.3 is 5.73 Å². The van der Waals surface area contributed by atoms with Gasteiger partial charge in [0.05, 0.1) is 4.99 Å². The standard InChI is InChI=1S/C5H10ClNS/c6-4-2-1-3-5(7)8/h1-4H2,(H2,7,8). The van der Waals surface area contributed by atoms with Crippen molar-refractivity contribution in [2.75, 3.05) is 5.88 Å². The minimum atomic E-state index is 0.593. The Kier molecular flexibility index (Phi) is 5.44. The fourth-order valence-electron chi connectivity index (χ4n) is 0.394. The third-order valence-corrected chi connectivity index (χ3v) is 1.28. The minimum absolute atomic E-state index is 0.593. The zero-order valence-electron chi connectivity index (χ0n) is 4.69. The second-order valence-corrected chi connectivity index (χ2v) is 2.51. The minimum Gasteiger partial charge on any atom is -0.393 e. The molecule has 0 aromatic carbocycles. The Labute approximate surface area is 60.2 Å². The Morgan fingerprint density at radius 2 is 2.12 bits per heavy atom. The molecule has 3 heteroatoms. The van der Waals surface area contributed by atoms with E-state index in [1.165, 1.54) is 0 Å². The molecule has 0 unspecified atom stereocenters. The number of hydrogen-bond acceptors (Lipinski definition) is 1. The molecule has 0 bridgehead atoms. The van der Waals surface area contributed by atoms with Crippen LogP contribution in [-0.4, -0.2) is 10.9 Å². The molecule has 2 N–H and O–H groups in total. The van der Waals surface area contributed by atoms with Gasteiger partial charge in [-0.05, 0) is 19.3 Å². The quantitative estimate of drug-likeness (QED) is 0.376. The van der Waals surface area contributed by atoms with E-state index in [2.05, 4.69) is 12.2 Å². The van der Waals surface area contributed by atoms with Crippen molar-refractivity contribution in [3.63, 3.8) is 0 Å². The van der Waals surface area contributed by atoms with Gasteiger partial charge in [0.1, 0.15) is 0 Å². The number of unbranched alkanes of at least 4 members (excludes halogenated alkanes) is 1. The lowest BCUT2D eigenvalue weighted by Gasteiger charge is -1.92. The summed E-state index contributed by atoms with van der Waals surface area (Å²) in [7, 11) is 0. The Bertz CT molecular complexity index is 74.8. The highest BCUT2D eigenvalue weighted by Crippen LogP contribution is 1.95. The molecule has 0 saturated heterocycles. The topological polar surface area (TPSA) is 26.0 Å². The molecule has 0 aliphatic rings. The molecular formula is C5H10ClNS. The molecule has 0 aromatic heterocycles. The number of alkyl halides is 1. The van der Waals surface area contributed by atoms with E-state index < -0.39 is 0 Å². The second kappa shape index (κ2) is 5.32. The maximum absolute atomic E-state index is 5.40. The second-order valence-electron chi connectivity index (χ2n) is 1.61. The number of hydrogen-bond donors (Lipinski definition) is 1. The van der Waals surface area contributed by atoms with Gasteiger partial charge in [-0.25, -0.2) is 0 Å². The van der Waals surface area contributed by atoms with E-state index >= 15 is 0 Å². The third kappa shape index (κ3) is 6.18. The predicted molar refractivity (Wildman–Crippen MR) is 41.4 cm³/mol. The average molecular weight is 152 g/mol. The summed E-state index contributed by atoms with van der Waals surface area (Å²) in [5, 5.41) is 0. The van der Waals surface area contributed by atoms with Gasteiger partial charge in [-0.15, -0.1) is 11.6 Å². The first-order chi connectivity index (χ1) is 3.77. The van der Waals surface area contributed by atoms with Crippen molar-refractivity contribution in [1.29, 1.82) is 0 Å². The summed E-state index contributed by atoms with van der Waals surface area (Å²) in [4.78, 5) is 0.593. The highest BCUT2D eigenvalue weighted by molar-refractivity contribution is 7.80. The van der Waals surface area contributed by atoms with Crippen LogP contribution in [0.1, 0.15) is 19.3 Å². The molecule has 0 spiro atoms. The Morgan fingerprint density at radius 1 is 1.50 bits per heavy atom. The molecule has 0 aromatic rings. The maximum Gasteiger partial charge on any atom is 0.0727 e. The van der Waals surface area contributed by atoms with Gasteiger partial charge in [-0.2, -0.15) is 0 Å². The van der Waals surface area contributed by atoms with Crippen molar-refractivity contribution in [1.82, 2.24) is 0 Å². The van der Waals surface area contributed by atoms with Crippen LogP contribution >= 0.6 is 23.8 Å². The van der Waals surface area contributed by atoms with Gasteiger partial charge in [-0.1, -0.05) is 12.2 Å². The average Bonchev–Trinajstić information content (AvgIpc) is 1.66. The van der Waals surface area contributed by atoms with Gasteiger partial charge in [-0.3, -0.25) is 0 Å². The first-order valence-corrected chi connectivity index (χ1v) is 3.56. The summed E-state index contributed by atoms with van der Waals surface area (Å²) in [6.45, 7) is 0. The van der Waals surface area contributed by atoms with E-state index in [9.17, 15) is 0 Å². The fourth-order valence-corrected chi connectivity index (χ4v) is 0.727. The SMILES string of the molecule is NC(=S)CCCCCl. The molecule has 0 saturated carbocycles. The van der Waals surface area contributed by atoms with Crippen LogP contribution in [0.25, 0.3) is 0 Å². The first kappa shape index (κ1) is 8.18. The van der Waals surface area contributed by atoms with Crippen molar-refractivity contribution in [3.05, 3.63) is 0 Å². The molecule has 0 aliphatic carbocycles. The van der Waals surface area contributed by atoms with Gasteiger partial charge in [0.2, 0.25) is 0 Å². The number of nitrogens with two attached hydrogens (primary N) is 1. The summed E-state index contributed by atoms with van der Waals surface area (Å²) in [5.41, 5.74) is 5.22. The van der Waals surface area contributed by atoms with E-state index in [0.29, 0.717) is 10.9 Å². The van der Waals surface area contributed by atoms with Crippen LogP contribution in [0.3, 0.4) is 0 Å². The van der Waals surface area contributed by atoms with Gasteiger partial charge >= 0.3 is 0 Å².